The van der Waals surface area contributed by atoms with E-state index in [9.17, 15) is 9.59 Å². The number of carbonyl (C=O) groups excluding carboxylic acids is 2. The first-order valence-electron chi connectivity index (χ1n) is 7.32. The molecule has 0 aliphatic heterocycles. The number of hydrogen-bond acceptors (Lipinski definition) is 3. The first kappa shape index (κ1) is 16.1. The largest absolute Gasteiger partial charge is 0.452 e. The second-order valence-electron chi connectivity index (χ2n) is 5.27. The Morgan fingerprint density at radius 2 is 1.83 bits per heavy atom. The zero-order valence-electron chi connectivity index (χ0n) is 13.0. The van der Waals surface area contributed by atoms with Gasteiger partial charge >= 0.3 is 5.97 Å². The SMILES string of the molecule is Cn1cc(C(=O)OCC(=O)Nc2ccccc2Cl)c2ccccc21. The number of esters is 1. The van der Waals surface area contributed by atoms with Gasteiger partial charge in [-0.05, 0) is 18.2 Å². The molecule has 2 aromatic carbocycles. The third-order valence-electron chi connectivity index (χ3n) is 3.60. The van der Waals surface area contributed by atoms with Crippen LogP contribution < -0.4 is 5.32 Å². The molecule has 1 aromatic heterocycles. The van der Waals surface area contributed by atoms with E-state index in [1.807, 2.05) is 35.9 Å². The zero-order valence-corrected chi connectivity index (χ0v) is 13.7. The number of carbonyl (C=O) groups is 2. The summed E-state index contributed by atoms with van der Waals surface area (Å²) in [5.74, 6) is -0.988. The standard InChI is InChI=1S/C18H15ClN2O3/c1-21-10-13(12-6-2-5-9-16(12)21)18(23)24-11-17(22)20-15-8-4-3-7-14(15)19/h2-10H,11H2,1H3,(H,20,22). The summed E-state index contributed by atoms with van der Waals surface area (Å²) >= 11 is 5.97. The zero-order chi connectivity index (χ0) is 17.1. The molecule has 0 aliphatic rings. The van der Waals surface area contributed by atoms with Crippen molar-refractivity contribution in [1.82, 2.24) is 4.57 Å². The summed E-state index contributed by atoms with van der Waals surface area (Å²) in [5, 5.41) is 3.82. The predicted molar refractivity (Wildman–Crippen MR) is 93.3 cm³/mol. The Balaban J connectivity index is 1.67. The number of halogens is 1. The third kappa shape index (κ3) is 3.26. The fraction of sp³-hybridized carbons (Fsp3) is 0.111. The molecule has 24 heavy (non-hydrogen) atoms. The van der Waals surface area contributed by atoms with Crippen LogP contribution in [0.25, 0.3) is 10.9 Å². The van der Waals surface area contributed by atoms with Gasteiger partial charge in [0.1, 0.15) is 0 Å². The second-order valence-corrected chi connectivity index (χ2v) is 5.68. The summed E-state index contributed by atoms with van der Waals surface area (Å²) < 4.78 is 6.96. The molecule has 0 radical (unpaired) electrons. The normalized spacial score (nSPS) is 10.6. The van der Waals surface area contributed by atoms with Gasteiger partial charge in [0.25, 0.3) is 5.91 Å². The minimum absolute atomic E-state index is 0.382. The van der Waals surface area contributed by atoms with Gasteiger partial charge in [-0.1, -0.05) is 41.9 Å². The molecule has 122 valence electrons. The van der Waals surface area contributed by atoms with Crippen LogP contribution in [0.4, 0.5) is 5.69 Å². The van der Waals surface area contributed by atoms with E-state index < -0.39 is 11.9 Å². The van der Waals surface area contributed by atoms with Gasteiger partial charge in [0.2, 0.25) is 0 Å². The Kier molecular flexibility index (Phi) is 4.53. The molecule has 0 spiro atoms. The molecule has 0 saturated carbocycles. The molecule has 3 rings (SSSR count). The first-order chi connectivity index (χ1) is 11.6. The summed E-state index contributed by atoms with van der Waals surface area (Å²) in [6.45, 7) is -0.382. The number of rotatable bonds is 4. The average molecular weight is 343 g/mol. The van der Waals surface area contributed by atoms with E-state index in [0.717, 1.165) is 10.9 Å². The molecule has 0 bridgehead atoms. The monoisotopic (exact) mass is 342 g/mol. The van der Waals surface area contributed by atoms with Crippen molar-refractivity contribution >= 4 is 40.1 Å². The van der Waals surface area contributed by atoms with Crippen LogP contribution in [-0.4, -0.2) is 23.1 Å². The predicted octanol–water partition coefficient (Wildman–Crippen LogP) is 3.63. The summed E-state index contributed by atoms with van der Waals surface area (Å²) in [5.41, 5.74) is 1.83. The number of hydrogen-bond donors (Lipinski definition) is 1. The number of benzene rings is 2. The van der Waals surface area contributed by atoms with Crippen LogP contribution >= 0.6 is 11.6 Å². The van der Waals surface area contributed by atoms with Gasteiger partial charge < -0.3 is 14.6 Å². The van der Waals surface area contributed by atoms with Crippen molar-refractivity contribution in [3.8, 4) is 0 Å². The van der Waals surface area contributed by atoms with Crippen LogP contribution in [0.1, 0.15) is 10.4 Å². The van der Waals surface area contributed by atoms with Gasteiger partial charge in [-0.25, -0.2) is 4.79 Å². The molecule has 1 N–H and O–H groups in total. The van der Waals surface area contributed by atoms with Crippen molar-refractivity contribution in [2.24, 2.45) is 7.05 Å². The lowest BCUT2D eigenvalue weighted by Crippen LogP contribution is -2.21. The maximum atomic E-state index is 12.3. The van der Waals surface area contributed by atoms with Crippen LogP contribution in [0.3, 0.4) is 0 Å². The molecule has 6 heteroatoms. The molecule has 0 atom stereocenters. The van der Waals surface area contributed by atoms with Gasteiger partial charge in [-0.15, -0.1) is 0 Å². The van der Waals surface area contributed by atoms with E-state index in [-0.39, 0.29) is 6.61 Å². The molecule has 1 heterocycles. The molecule has 0 unspecified atom stereocenters. The van der Waals surface area contributed by atoms with Gasteiger partial charge in [0.15, 0.2) is 6.61 Å². The molecule has 0 fully saturated rings. The summed E-state index contributed by atoms with van der Waals surface area (Å²) in [6, 6.07) is 14.4. The number of anilines is 1. The van der Waals surface area contributed by atoms with Crippen molar-refractivity contribution in [3.05, 3.63) is 65.3 Å². The highest BCUT2D eigenvalue weighted by molar-refractivity contribution is 6.33. The Morgan fingerprint density at radius 3 is 2.62 bits per heavy atom. The second kappa shape index (κ2) is 6.76. The molecule has 3 aromatic rings. The van der Waals surface area contributed by atoms with Gasteiger partial charge in [0.05, 0.1) is 16.3 Å². The molecular formula is C18H15ClN2O3. The molecular weight excluding hydrogens is 328 g/mol. The highest BCUT2D eigenvalue weighted by Crippen LogP contribution is 2.22. The highest BCUT2D eigenvalue weighted by atomic mass is 35.5. The molecule has 1 amide bonds. The smallest absolute Gasteiger partial charge is 0.340 e. The highest BCUT2D eigenvalue weighted by Gasteiger charge is 2.16. The first-order valence-corrected chi connectivity index (χ1v) is 7.69. The number of nitrogens with zero attached hydrogens (tertiary/aromatic N) is 1. The van der Waals surface area contributed by atoms with Crippen LogP contribution in [-0.2, 0) is 16.6 Å². The lowest BCUT2D eigenvalue weighted by atomic mass is 10.2. The van der Waals surface area contributed by atoms with Crippen LogP contribution in [0.5, 0.6) is 0 Å². The van der Waals surface area contributed by atoms with E-state index in [2.05, 4.69) is 5.32 Å². The lowest BCUT2D eigenvalue weighted by Gasteiger charge is -2.07. The van der Waals surface area contributed by atoms with E-state index in [4.69, 9.17) is 16.3 Å². The van der Waals surface area contributed by atoms with Crippen LogP contribution in [0, 0.1) is 0 Å². The maximum absolute atomic E-state index is 12.3. The van der Waals surface area contributed by atoms with Gasteiger partial charge in [0, 0.05) is 24.1 Å². The number of ether oxygens (including phenoxy) is 1. The van der Waals surface area contributed by atoms with Crippen molar-refractivity contribution in [1.29, 1.82) is 0 Å². The molecule has 5 nitrogen and oxygen atoms in total. The van der Waals surface area contributed by atoms with Crippen molar-refractivity contribution in [2.75, 3.05) is 11.9 Å². The average Bonchev–Trinajstić information content (AvgIpc) is 2.92. The van der Waals surface area contributed by atoms with Crippen molar-refractivity contribution < 1.29 is 14.3 Å². The van der Waals surface area contributed by atoms with E-state index >= 15 is 0 Å². The Labute approximate surface area is 143 Å². The number of amides is 1. The number of aromatic nitrogens is 1. The Morgan fingerprint density at radius 1 is 1.12 bits per heavy atom. The summed E-state index contributed by atoms with van der Waals surface area (Å²) in [7, 11) is 1.85. The fourth-order valence-electron chi connectivity index (χ4n) is 2.46. The quantitative estimate of drug-likeness (QED) is 0.736. The number of nitrogens with one attached hydrogen (secondary N) is 1. The number of aryl methyl sites for hydroxylation is 1. The maximum Gasteiger partial charge on any atom is 0.340 e. The Hall–Kier alpha value is -2.79. The molecule has 0 saturated heterocycles. The van der Waals surface area contributed by atoms with Gasteiger partial charge in [-0.3, -0.25) is 4.79 Å². The minimum Gasteiger partial charge on any atom is -0.452 e. The number of fused-ring (bicyclic) bond motifs is 1. The van der Waals surface area contributed by atoms with E-state index in [1.54, 1.807) is 30.5 Å². The van der Waals surface area contributed by atoms with Gasteiger partial charge in [-0.2, -0.15) is 0 Å². The Bertz CT molecular complexity index is 918. The molecule has 0 aliphatic carbocycles. The topological polar surface area (TPSA) is 60.3 Å². The van der Waals surface area contributed by atoms with Crippen molar-refractivity contribution in [3.63, 3.8) is 0 Å². The number of para-hydroxylation sites is 2. The van der Waals surface area contributed by atoms with Crippen LogP contribution in [0.2, 0.25) is 5.02 Å². The summed E-state index contributed by atoms with van der Waals surface area (Å²) in [6.07, 6.45) is 1.69. The lowest BCUT2D eigenvalue weighted by molar-refractivity contribution is -0.119. The van der Waals surface area contributed by atoms with Crippen molar-refractivity contribution in [2.45, 2.75) is 0 Å². The van der Waals surface area contributed by atoms with E-state index in [0.29, 0.717) is 16.3 Å². The summed E-state index contributed by atoms with van der Waals surface area (Å²) in [4.78, 5) is 24.2. The fourth-order valence-corrected chi connectivity index (χ4v) is 2.65. The minimum atomic E-state index is -0.541. The van der Waals surface area contributed by atoms with Crippen LogP contribution in [0.15, 0.2) is 54.7 Å². The third-order valence-corrected chi connectivity index (χ3v) is 3.93. The van der Waals surface area contributed by atoms with E-state index in [1.165, 1.54) is 0 Å².